The molecule has 0 fully saturated rings. The van der Waals surface area contributed by atoms with Gasteiger partial charge in [0.1, 0.15) is 5.75 Å². The van der Waals surface area contributed by atoms with Crippen molar-refractivity contribution in [1.82, 2.24) is 0 Å². The molecule has 0 unspecified atom stereocenters. The minimum Gasteiger partial charge on any atom is -0.497 e. The number of hydrogen-bond donors (Lipinski definition) is 0. The Bertz CT molecular complexity index is 1100. The van der Waals surface area contributed by atoms with Crippen molar-refractivity contribution in [3.63, 3.8) is 0 Å². The minimum atomic E-state index is -0.332. The maximum absolute atomic E-state index is 12.3. The van der Waals surface area contributed by atoms with Gasteiger partial charge < -0.3 is 14.2 Å². The predicted molar refractivity (Wildman–Crippen MR) is 120 cm³/mol. The fraction of sp³-hybridized carbons (Fsp3) is 0.154. The molecule has 3 aromatic carbocycles. The molecule has 0 atom stereocenters. The first-order chi connectivity index (χ1) is 15.1. The zero-order chi connectivity index (χ0) is 22.1. The van der Waals surface area contributed by atoms with Crippen molar-refractivity contribution in [2.45, 2.75) is 12.8 Å². The van der Waals surface area contributed by atoms with E-state index >= 15 is 0 Å². The van der Waals surface area contributed by atoms with E-state index in [-0.39, 0.29) is 12.4 Å². The molecule has 0 heterocycles. The number of ether oxygens (including phenoxy) is 3. The highest BCUT2D eigenvalue weighted by molar-refractivity contribution is 5.90. The van der Waals surface area contributed by atoms with Crippen LogP contribution in [0.15, 0.2) is 72.8 Å². The fourth-order valence-electron chi connectivity index (χ4n) is 3.04. The van der Waals surface area contributed by atoms with E-state index in [9.17, 15) is 10.1 Å². The molecule has 0 N–H and O–H groups in total. The average molecular weight is 413 g/mol. The Balaban J connectivity index is 1.73. The summed E-state index contributed by atoms with van der Waals surface area (Å²) in [5.41, 5.74) is 3.11. The Morgan fingerprint density at radius 3 is 2.32 bits per heavy atom. The van der Waals surface area contributed by atoms with E-state index in [0.717, 1.165) is 22.4 Å². The van der Waals surface area contributed by atoms with E-state index in [1.165, 1.54) is 7.11 Å². The first kappa shape index (κ1) is 21.7. The van der Waals surface area contributed by atoms with Crippen molar-refractivity contribution < 1.29 is 19.0 Å². The zero-order valence-electron chi connectivity index (χ0n) is 17.5. The summed E-state index contributed by atoms with van der Waals surface area (Å²) < 4.78 is 16.0. The van der Waals surface area contributed by atoms with E-state index in [1.54, 1.807) is 43.5 Å². The van der Waals surface area contributed by atoms with Gasteiger partial charge in [0.2, 0.25) is 0 Å². The normalized spacial score (nSPS) is 10.8. The number of rotatable bonds is 8. The number of nitriles is 1. The van der Waals surface area contributed by atoms with Gasteiger partial charge in [0.25, 0.3) is 0 Å². The first-order valence-electron chi connectivity index (χ1n) is 9.82. The van der Waals surface area contributed by atoms with Crippen LogP contribution in [0, 0.1) is 11.3 Å². The number of nitrogens with zero attached hydrogens (tertiary/aromatic N) is 1. The van der Waals surface area contributed by atoms with E-state index < -0.39 is 0 Å². The van der Waals surface area contributed by atoms with Crippen LogP contribution < -0.4 is 14.2 Å². The minimum absolute atomic E-state index is 0.269. The third-order valence-electron chi connectivity index (χ3n) is 4.70. The molecule has 0 saturated heterocycles. The predicted octanol–water partition coefficient (Wildman–Crippen LogP) is 5.31. The van der Waals surface area contributed by atoms with Crippen molar-refractivity contribution in [2.24, 2.45) is 0 Å². The van der Waals surface area contributed by atoms with Gasteiger partial charge in [0.05, 0.1) is 25.9 Å². The number of methoxy groups -OCH3 is 2. The smallest absolute Gasteiger partial charge is 0.311 e. The number of hydrogen-bond acceptors (Lipinski definition) is 5. The molecule has 0 aliphatic carbocycles. The summed E-state index contributed by atoms with van der Waals surface area (Å²) in [6.07, 6.45) is 2.63. The molecule has 3 rings (SSSR count). The van der Waals surface area contributed by atoms with Crippen LogP contribution in [0.5, 0.6) is 17.2 Å². The molecule has 0 amide bonds. The molecule has 0 radical (unpaired) electrons. The maximum Gasteiger partial charge on any atom is 0.311 e. The lowest BCUT2D eigenvalue weighted by Gasteiger charge is -2.10. The van der Waals surface area contributed by atoms with E-state index in [2.05, 4.69) is 6.07 Å². The Labute approximate surface area is 182 Å². The van der Waals surface area contributed by atoms with Gasteiger partial charge in [-0.25, -0.2) is 0 Å². The summed E-state index contributed by atoms with van der Waals surface area (Å²) in [7, 11) is 3.11. The van der Waals surface area contributed by atoms with Crippen molar-refractivity contribution in [2.75, 3.05) is 14.2 Å². The van der Waals surface area contributed by atoms with Crippen LogP contribution in [0.4, 0.5) is 0 Å². The highest BCUT2D eigenvalue weighted by Gasteiger charge is 2.11. The zero-order valence-corrected chi connectivity index (χ0v) is 17.5. The van der Waals surface area contributed by atoms with Crippen LogP contribution in [0.3, 0.4) is 0 Å². The maximum atomic E-state index is 12.3. The van der Waals surface area contributed by atoms with Crippen molar-refractivity contribution in [1.29, 1.82) is 5.26 Å². The molecule has 5 heteroatoms. The molecular weight excluding hydrogens is 390 g/mol. The van der Waals surface area contributed by atoms with E-state index in [4.69, 9.17) is 14.2 Å². The number of carbonyl (C=O) groups is 1. The summed E-state index contributed by atoms with van der Waals surface area (Å²) in [4.78, 5) is 12.3. The summed E-state index contributed by atoms with van der Waals surface area (Å²) in [6.45, 7) is 0. The summed E-state index contributed by atoms with van der Waals surface area (Å²) in [5, 5.41) is 9.57. The molecule has 156 valence electrons. The third kappa shape index (κ3) is 5.97. The highest BCUT2D eigenvalue weighted by atomic mass is 16.6. The standard InChI is InChI=1S/C26H23NO4/c1-29-23-12-10-21(11-13-23)22(18-27)16-20-8-14-24(25(17-20)30-2)31-26(28)15-9-19-6-4-3-5-7-19/h3-8,10-14,16-17H,9,15H2,1-2H3/b22-16-. The van der Waals surface area contributed by atoms with Gasteiger partial charge in [-0.2, -0.15) is 5.26 Å². The monoisotopic (exact) mass is 413 g/mol. The van der Waals surface area contributed by atoms with Gasteiger partial charge in [-0.05, 0) is 65.6 Å². The second kappa shape index (κ2) is 10.7. The third-order valence-corrected chi connectivity index (χ3v) is 4.70. The number of allylic oxidation sites excluding steroid dienone is 1. The lowest BCUT2D eigenvalue weighted by atomic mass is 10.0. The number of carbonyl (C=O) groups excluding carboxylic acids is 1. The molecule has 0 bridgehead atoms. The van der Waals surface area contributed by atoms with Crippen molar-refractivity contribution >= 4 is 17.6 Å². The van der Waals surface area contributed by atoms with Gasteiger partial charge in [0.15, 0.2) is 11.5 Å². The largest absolute Gasteiger partial charge is 0.497 e. The molecule has 0 spiro atoms. The van der Waals surface area contributed by atoms with Gasteiger partial charge in [0, 0.05) is 6.42 Å². The van der Waals surface area contributed by atoms with Crippen LogP contribution in [0.25, 0.3) is 11.6 Å². The van der Waals surface area contributed by atoms with Gasteiger partial charge in [-0.1, -0.05) is 36.4 Å². The average Bonchev–Trinajstić information content (AvgIpc) is 2.82. The van der Waals surface area contributed by atoms with Crippen molar-refractivity contribution in [3.05, 3.63) is 89.5 Å². The van der Waals surface area contributed by atoms with Gasteiger partial charge in [-0.15, -0.1) is 0 Å². The molecule has 0 aromatic heterocycles. The van der Waals surface area contributed by atoms with Crippen LogP contribution in [-0.4, -0.2) is 20.2 Å². The SMILES string of the molecule is COc1ccc(/C(C#N)=C\c2ccc(OC(=O)CCc3ccccc3)c(OC)c2)cc1. The molecule has 0 saturated carbocycles. The summed E-state index contributed by atoms with van der Waals surface area (Å²) in [6, 6.07) is 24.4. The quantitative estimate of drug-likeness (QED) is 0.217. The van der Waals surface area contributed by atoms with Crippen LogP contribution in [-0.2, 0) is 11.2 Å². The topological polar surface area (TPSA) is 68.5 Å². The van der Waals surface area contributed by atoms with Crippen LogP contribution in [0.2, 0.25) is 0 Å². The lowest BCUT2D eigenvalue weighted by molar-refractivity contribution is -0.134. The number of benzene rings is 3. The Kier molecular flexibility index (Phi) is 7.45. The number of esters is 1. The van der Waals surface area contributed by atoms with Gasteiger partial charge in [-0.3, -0.25) is 4.79 Å². The molecule has 5 nitrogen and oxygen atoms in total. The molecular formula is C26H23NO4. The molecule has 0 aliphatic heterocycles. The Morgan fingerprint density at radius 1 is 0.935 bits per heavy atom. The summed E-state index contributed by atoms with van der Waals surface area (Å²) in [5.74, 6) is 1.16. The molecule has 0 aliphatic rings. The summed E-state index contributed by atoms with van der Waals surface area (Å²) >= 11 is 0. The fourth-order valence-corrected chi connectivity index (χ4v) is 3.04. The molecule has 31 heavy (non-hydrogen) atoms. The van der Waals surface area contributed by atoms with Crippen LogP contribution in [0.1, 0.15) is 23.1 Å². The van der Waals surface area contributed by atoms with Crippen LogP contribution >= 0.6 is 0 Å². The first-order valence-corrected chi connectivity index (χ1v) is 9.82. The Morgan fingerprint density at radius 2 is 1.68 bits per heavy atom. The van der Waals surface area contributed by atoms with E-state index in [1.807, 2.05) is 42.5 Å². The van der Waals surface area contributed by atoms with E-state index in [0.29, 0.717) is 23.5 Å². The molecule has 3 aromatic rings. The van der Waals surface area contributed by atoms with Gasteiger partial charge >= 0.3 is 5.97 Å². The Hall–Kier alpha value is -4.04. The second-order valence-corrected chi connectivity index (χ2v) is 6.77. The lowest BCUT2D eigenvalue weighted by Crippen LogP contribution is -2.09. The second-order valence-electron chi connectivity index (χ2n) is 6.77. The van der Waals surface area contributed by atoms with Crippen molar-refractivity contribution in [3.8, 4) is 23.3 Å². The number of aryl methyl sites for hydroxylation is 1. The highest BCUT2D eigenvalue weighted by Crippen LogP contribution is 2.30.